The second-order valence-corrected chi connectivity index (χ2v) is 7.94. The van der Waals surface area contributed by atoms with Gasteiger partial charge in [0.1, 0.15) is 0 Å². The average molecular weight is 422 g/mol. The molecule has 2 atom stereocenters. The highest BCUT2D eigenvalue weighted by Crippen LogP contribution is 2.41. The molecule has 3 rings (SSSR count). The van der Waals surface area contributed by atoms with Gasteiger partial charge in [0.25, 0.3) is 5.22 Å². The Morgan fingerprint density at radius 2 is 1.83 bits per heavy atom. The third kappa shape index (κ3) is 5.14. The van der Waals surface area contributed by atoms with E-state index in [0.29, 0.717) is 39.8 Å². The van der Waals surface area contributed by atoms with E-state index in [9.17, 15) is 4.79 Å². The molecule has 29 heavy (non-hydrogen) atoms. The predicted octanol–water partition coefficient (Wildman–Crippen LogP) is 3.55. The van der Waals surface area contributed by atoms with Crippen LogP contribution in [-0.4, -0.2) is 49.2 Å². The lowest BCUT2D eigenvalue weighted by Crippen LogP contribution is -2.41. The third-order valence-corrected chi connectivity index (χ3v) is 5.92. The van der Waals surface area contributed by atoms with Crippen molar-refractivity contribution in [2.45, 2.75) is 43.9 Å². The Morgan fingerprint density at radius 3 is 2.45 bits per heavy atom. The van der Waals surface area contributed by atoms with E-state index in [1.807, 2.05) is 0 Å². The number of ether oxygens (including phenoxy) is 3. The van der Waals surface area contributed by atoms with E-state index in [1.54, 1.807) is 33.5 Å². The minimum atomic E-state index is -0.0127. The number of hydrogen-bond acceptors (Lipinski definition) is 8. The monoisotopic (exact) mass is 421 g/mol. The van der Waals surface area contributed by atoms with E-state index >= 15 is 0 Å². The maximum atomic E-state index is 12.3. The number of hydrogen-bond donors (Lipinski definition) is 1. The number of nitrogens with one attached hydrogen (secondary N) is 1. The molecule has 9 heteroatoms. The van der Waals surface area contributed by atoms with Crippen LogP contribution in [0.2, 0.25) is 0 Å². The molecule has 0 radical (unpaired) electrons. The van der Waals surface area contributed by atoms with Crippen LogP contribution in [0.3, 0.4) is 0 Å². The second-order valence-electron chi connectivity index (χ2n) is 7.01. The van der Waals surface area contributed by atoms with Crippen molar-refractivity contribution in [3.63, 3.8) is 0 Å². The first-order valence-corrected chi connectivity index (χ1v) is 10.6. The van der Waals surface area contributed by atoms with E-state index in [4.69, 9.17) is 18.6 Å². The standard InChI is InChI=1S/C20H27N3O5S/c1-12-7-5-6-8-14(12)21-17(24)11-29-20-23-22-19(28-20)13-9-15(25-2)18(27-4)16(10-13)26-3/h9-10,12,14H,5-8,11H2,1-4H3,(H,21,24)/t12-,14-/m1/s1. The van der Waals surface area contributed by atoms with Crippen molar-refractivity contribution >= 4 is 17.7 Å². The molecule has 1 saturated carbocycles. The zero-order valence-corrected chi connectivity index (χ0v) is 18.0. The van der Waals surface area contributed by atoms with Crippen LogP contribution in [0.4, 0.5) is 0 Å². The maximum Gasteiger partial charge on any atom is 0.277 e. The van der Waals surface area contributed by atoms with Gasteiger partial charge in [-0.1, -0.05) is 31.5 Å². The summed E-state index contributed by atoms with van der Waals surface area (Å²) in [6.07, 6.45) is 4.63. The Bertz CT molecular complexity index is 816. The molecule has 0 unspecified atom stereocenters. The maximum absolute atomic E-state index is 12.3. The quantitative estimate of drug-likeness (QED) is 0.647. The van der Waals surface area contributed by atoms with Crippen LogP contribution in [0, 0.1) is 5.92 Å². The number of aromatic nitrogens is 2. The van der Waals surface area contributed by atoms with Crippen LogP contribution < -0.4 is 19.5 Å². The molecule has 0 saturated heterocycles. The number of benzene rings is 1. The molecule has 158 valence electrons. The number of methoxy groups -OCH3 is 3. The van der Waals surface area contributed by atoms with Crippen molar-refractivity contribution < 1.29 is 23.4 Å². The lowest BCUT2D eigenvalue weighted by atomic mass is 9.86. The van der Waals surface area contributed by atoms with Gasteiger partial charge in [-0.15, -0.1) is 10.2 Å². The zero-order chi connectivity index (χ0) is 20.8. The Balaban J connectivity index is 1.64. The first-order chi connectivity index (χ1) is 14.0. The Morgan fingerprint density at radius 1 is 1.14 bits per heavy atom. The summed E-state index contributed by atoms with van der Waals surface area (Å²) < 4.78 is 21.7. The molecular weight excluding hydrogens is 394 g/mol. The molecule has 1 amide bonds. The summed E-state index contributed by atoms with van der Waals surface area (Å²) in [6.45, 7) is 2.19. The third-order valence-electron chi connectivity index (χ3n) is 5.10. The Kier molecular flexibility index (Phi) is 7.24. The van der Waals surface area contributed by atoms with Gasteiger partial charge in [0.05, 0.1) is 27.1 Å². The summed E-state index contributed by atoms with van der Waals surface area (Å²) >= 11 is 1.22. The molecule has 1 fully saturated rings. The Labute approximate surface area is 174 Å². The topological polar surface area (TPSA) is 95.7 Å². The van der Waals surface area contributed by atoms with Crippen LogP contribution in [0.25, 0.3) is 11.5 Å². The van der Waals surface area contributed by atoms with E-state index < -0.39 is 0 Å². The zero-order valence-electron chi connectivity index (χ0n) is 17.2. The Hall–Kier alpha value is -2.42. The van der Waals surface area contributed by atoms with Gasteiger partial charge in [0, 0.05) is 11.6 Å². The predicted molar refractivity (Wildman–Crippen MR) is 110 cm³/mol. The van der Waals surface area contributed by atoms with Gasteiger partial charge < -0.3 is 23.9 Å². The molecular formula is C20H27N3O5S. The van der Waals surface area contributed by atoms with Crippen molar-refractivity contribution in [2.75, 3.05) is 27.1 Å². The molecule has 0 aliphatic heterocycles. The summed E-state index contributed by atoms with van der Waals surface area (Å²) in [4.78, 5) is 12.3. The summed E-state index contributed by atoms with van der Waals surface area (Å²) in [5.74, 6) is 2.54. The second kappa shape index (κ2) is 9.87. The van der Waals surface area contributed by atoms with Gasteiger partial charge in [-0.3, -0.25) is 4.79 Å². The molecule has 8 nitrogen and oxygen atoms in total. The van der Waals surface area contributed by atoms with E-state index in [0.717, 1.165) is 6.42 Å². The number of carbonyl (C=O) groups is 1. The van der Waals surface area contributed by atoms with Gasteiger partial charge in [0.15, 0.2) is 11.5 Å². The van der Waals surface area contributed by atoms with E-state index in [2.05, 4.69) is 22.4 Å². The van der Waals surface area contributed by atoms with E-state index in [1.165, 1.54) is 31.0 Å². The van der Waals surface area contributed by atoms with Gasteiger partial charge in [0.2, 0.25) is 17.5 Å². The van der Waals surface area contributed by atoms with E-state index in [-0.39, 0.29) is 17.7 Å². The summed E-state index contributed by atoms with van der Waals surface area (Å²) in [5, 5.41) is 11.6. The number of nitrogens with zero attached hydrogens (tertiary/aromatic N) is 2. The average Bonchev–Trinajstić information content (AvgIpc) is 3.22. The molecule has 1 aliphatic rings. The fraction of sp³-hybridized carbons (Fsp3) is 0.550. The highest BCUT2D eigenvalue weighted by atomic mass is 32.2. The summed E-state index contributed by atoms with van der Waals surface area (Å²) in [7, 11) is 4.63. The number of rotatable bonds is 8. The fourth-order valence-corrected chi connectivity index (χ4v) is 4.07. The van der Waals surface area contributed by atoms with Crippen molar-refractivity contribution in [1.29, 1.82) is 0 Å². The van der Waals surface area contributed by atoms with Gasteiger partial charge >= 0.3 is 0 Å². The van der Waals surface area contributed by atoms with Crippen LogP contribution in [0.15, 0.2) is 21.8 Å². The van der Waals surface area contributed by atoms with Gasteiger partial charge in [-0.2, -0.15) is 0 Å². The van der Waals surface area contributed by atoms with Gasteiger partial charge in [-0.25, -0.2) is 0 Å². The van der Waals surface area contributed by atoms with Crippen LogP contribution in [-0.2, 0) is 4.79 Å². The first-order valence-electron chi connectivity index (χ1n) is 9.61. The molecule has 1 aromatic carbocycles. The minimum absolute atomic E-state index is 0.0127. The smallest absolute Gasteiger partial charge is 0.277 e. The lowest BCUT2D eigenvalue weighted by molar-refractivity contribution is -0.119. The minimum Gasteiger partial charge on any atom is -0.493 e. The van der Waals surface area contributed by atoms with Crippen LogP contribution in [0.1, 0.15) is 32.6 Å². The van der Waals surface area contributed by atoms with Crippen molar-refractivity contribution in [2.24, 2.45) is 5.92 Å². The SMILES string of the molecule is COc1cc(-c2nnc(SCC(=O)N[C@@H]3CCCC[C@H]3C)o2)cc(OC)c1OC. The first kappa shape index (κ1) is 21.3. The fourth-order valence-electron chi connectivity index (χ4n) is 3.50. The molecule has 1 heterocycles. The number of amides is 1. The van der Waals surface area contributed by atoms with Crippen molar-refractivity contribution in [3.05, 3.63) is 12.1 Å². The van der Waals surface area contributed by atoms with Crippen LogP contribution >= 0.6 is 11.8 Å². The highest BCUT2D eigenvalue weighted by molar-refractivity contribution is 7.99. The summed E-state index contributed by atoms with van der Waals surface area (Å²) in [5.41, 5.74) is 0.638. The largest absolute Gasteiger partial charge is 0.493 e. The molecule has 2 aromatic rings. The molecule has 1 N–H and O–H groups in total. The van der Waals surface area contributed by atoms with Crippen molar-refractivity contribution in [1.82, 2.24) is 15.5 Å². The molecule has 1 aliphatic carbocycles. The van der Waals surface area contributed by atoms with Crippen molar-refractivity contribution in [3.8, 4) is 28.7 Å². The normalized spacial score (nSPS) is 18.9. The number of carbonyl (C=O) groups excluding carboxylic acids is 1. The lowest BCUT2D eigenvalue weighted by Gasteiger charge is -2.29. The molecule has 0 spiro atoms. The van der Waals surface area contributed by atoms with Gasteiger partial charge in [-0.05, 0) is 30.9 Å². The highest BCUT2D eigenvalue weighted by Gasteiger charge is 2.23. The number of thioether (sulfide) groups is 1. The molecule has 0 bridgehead atoms. The summed E-state index contributed by atoms with van der Waals surface area (Å²) in [6, 6.07) is 3.73. The molecule has 1 aromatic heterocycles. The van der Waals surface area contributed by atoms with Crippen LogP contribution in [0.5, 0.6) is 17.2 Å².